The summed E-state index contributed by atoms with van der Waals surface area (Å²) in [5.41, 5.74) is 9.25. The molecule has 3 N–H and O–H groups in total. The molecule has 0 bridgehead atoms. The molecular formula is C26H34ClN7O3. The van der Waals surface area contributed by atoms with E-state index in [9.17, 15) is 5.21 Å². The molecule has 0 radical (unpaired) electrons. The van der Waals surface area contributed by atoms with Crippen LogP contribution in [0, 0.1) is 11.8 Å². The summed E-state index contributed by atoms with van der Waals surface area (Å²) in [5.74, 6) is 2.00. The molecule has 2 atom stereocenters. The number of likely N-dealkylation sites (N-methyl/N-ethyl adjacent to an activating group) is 1. The lowest BCUT2D eigenvalue weighted by atomic mass is 9.83. The van der Waals surface area contributed by atoms with Crippen LogP contribution >= 0.6 is 11.6 Å². The van der Waals surface area contributed by atoms with E-state index in [0.717, 1.165) is 29.5 Å². The molecule has 1 aliphatic carbocycles. The van der Waals surface area contributed by atoms with Gasteiger partial charge in [0.15, 0.2) is 5.84 Å². The summed E-state index contributed by atoms with van der Waals surface area (Å²) in [4.78, 5) is 16.3. The number of hydrogen-bond donors (Lipinski definition) is 2. The van der Waals surface area contributed by atoms with Gasteiger partial charge in [-0.25, -0.2) is 9.97 Å². The standard InChI is InChI=1S/C26H34ClN7O3/c1-15-4-6-16(7-5-15)12-34-24-19(31-26(34)33(2)21-13-37-14-22(21)36-3)9-20(25(28)32-35)30-23(24)17-8-18(27)11-29-10-17/h8-11,15-16,21-22,35H,4-7,12-14H2,1-3H3,(H2,28,32)/t15?,16?,21-,22-/m0/s1. The lowest BCUT2D eigenvalue weighted by Gasteiger charge is -2.31. The van der Waals surface area contributed by atoms with Crippen molar-refractivity contribution in [3.63, 3.8) is 0 Å². The minimum Gasteiger partial charge on any atom is -0.409 e. The maximum absolute atomic E-state index is 9.38. The molecule has 0 spiro atoms. The number of nitrogens with zero attached hydrogens (tertiary/aromatic N) is 6. The molecule has 0 amide bonds. The van der Waals surface area contributed by atoms with Crippen LogP contribution in [0.3, 0.4) is 0 Å². The number of nitrogens with two attached hydrogens (primary N) is 1. The van der Waals surface area contributed by atoms with E-state index >= 15 is 0 Å². The minimum atomic E-state index is -0.0903. The number of anilines is 1. The van der Waals surface area contributed by atoms with Gasteiger partial charge in [-0.05, 0) is 36.8 Å². The van der Waals surface area contributed by atoms with Gasteiger partial charge in [0.2, 0.25) is 5.95 Å². The molecule has 37 heavy (non-hydrogen) atoms. The first-order valence-electron chi connectivity index (χ1n) is 12.7. The van der Waals surface area contributed by atoms with Crippen LogP contribution in [0.2, 0.25) is 5.02 Å². The number of oxime groups is 1. The molecule has 11 heteroatoms. The minimum absolute atomic E-state index is 0.0136. The van der Waals surface area contributed by atoms with Gasteiger partial charge < -0.3 is 29.9 Å². The Morgan fingerprint density at radius 1 is 1.24 bits per heavy atom. The highest BCUT2D eigenvalue weighted by Crippen LogP contribution is 2.36. The second kappa shape index (κ2) is 10.8. The summed E-state index contributed by atoms with van der Waals surface area (Å²) in [7, 11) is 3.74. The van der Waals surface area contributed by atoms with E-state index in [0.29, 0.717) is 41.1 Å². The third-order valence-electron chi connectivity index (χ3n) is 7.74. The fourth-order valence-electron chi connectivity index (χ4n) is 5.54. The zero-order valence-electron chi connectivity index (χ0n) is 21.5. The predicted molar refractivity (Wildman–Crippen MR) is 143 cm³/mol. The van der Waals surface area contributed by atoms with Gasteiger partial charge in [0, 0.05) is 38.7 Å². The van der Waals surface area contributed by atoms with Gasteiger partial charge in [0.1, 0.15) is 11.8 Å². The number of imidazole rings is 1. The summed E-state index contributed by atoms with van der Waals surface area (Å²) >= 11 is 6.32. The maximum atomic E-state index is 9.38. The van der Waals surface area contributed by atoms with Crippen LogP contribution < -0.4 is 10.6 Å². The number of pyridine rings is 2. The van der Waals surface area contributed by atoms with Gasteiger partial charge in [0.05, 0.1) is 41.0 Å². The van der Waals surface area contributed by atoms with Gasteiger partial charge in [-0.1, -0.05) is 36.5 Å². The van der Waals surface area contributed by atoms with Crippen molar-refractivity contribution in [1.29, 1.82) is 0 Å². The monoisotopic (exact) mass is 527 g/mol. The van der Waals surface area contributed by atoms with Gasteiger partial charge >= 0.3 is 0 Å². The summed E-state index contributed by atoms with van der Waals surface area (Å²) in [6.45, 7) is 4.23. The van der Waals surface area contributed by atoms with Crippen molar-refractivity contribution in [3.8, 4) is 11.3 Å². The van der Waals surface area contributed by atoms with Crippen LogP contribution in [0.1, 0.15) is 38.3 Å². The van der Waals surface area contributed by atoms with Crippen molar-refractivity contribution in [2.24, 2.45) is 22.7 Å². The maximum Gasteiger partial charge on any atom is 0.206 e. The van der Waals surface area contributed by atoms with Crippen LogP contribution in [0.15, 0.2) is 29.7 Å². The number of methoxy groups -OCH3 is 1. The van der Waals surface area contributed by atoms with Crippen LogP contribution in [0.25, 0.3) is 22.3 Å². The number of fused-ring (bicyclic) bond motifs is 1. The predicted octanol–water partition coefficient (Wildman–Crippen LogP) is 3.92. The second-order valence-electron chi connectivity index (χ2n) is 10.2. The largest absolute Gasteiger partial charge is 0.409 e. The van der Waals surface area contributed by atoms with E-state index in [1.54, 1.807) is 25.6 Å². The zero-order chi connectivity index (χ0) is 26.1. The molecule has 2 fully saturated rings. The molecule has 3 aromatic heterocycles. The average Bonchev–Trinajstić information content (AvgIpc) is 3.53. The van der Waals surface area contributed by atoms with Crippen molar-refractivity contribution in [1.82, 2.24) is 19.5 Å². The number of amidine groups is 1. The molecule has 2 aliphatic rings. The van der Waals surface area contributed by atoms with Crippen molar-refractivity contribution >= 4 is 34.4 Å². The normalized spacial score (nSPS) is 24.6. The lowest BCUT2D eigenvalue weighted by Crippen LogP contribution is -2.43. The molecule has 198 valence electrons. The molecular weight excluding hydrogens is 494 g/mol. The number of hydrogen-bond acceptors (Lipinski definition) is 8. The van der Waals surface area contributed by atoms with Gasteiger partial charge in [-0.3, -0.25) is 4.98 Å². The van der Waals surface area contributed by atoms with Crippen LogP contribution in [-0.4, -0.2) is 70.1 Å². The summed E-state index contributed by atoms with van der Waals surface area (Å²) in [6, 6.07) is 3.60. The third kappa shape index (κ3) is 5.10. The molecule has 3 aromatic rings. The van der Waals surface area contributed by atoms with Gasteiger partial charge in [-0.15, -0.1) is 0 Å². The third-order valence-corrected chi connectivity index (χ3v) is 7.95. The Morgan fingerprint density at radius 3 is 2.73 bits per heavy atom. The fourth-order valence-corrected chi connectivity index (χ4v) is 5.71. The van der Waals surface area contributed by atoms with Crippen molar-refractivity contribution in [2.45, 2.75) is 51.3 Å². The van der Waals surface area contributed by atoms with E-state index in [4.69, 9.17) is 36.8 Å². The van der Waals surface area contributed by atoms with Crippen molar-refractivity contribution < 1.29 is 14.7 Å². The van der Waals surface area contributed by atoms with E-state index in [-0.39, 0.29) is 18.0 Å². The molecule has 1 saturated carbocycles. The number of aromatic nitrogens is 4. The van der Waals surface area contributed by atoms with Gasteiger partial charge in [0.25, 0.3) is 0 Å². The van der Waals surface area contributed by atoms with Crippen molar-refractivity contribution in [3.05, 3.63) is 35.2 Å². The fraction of sp³-hybridized carbons (Fsp3) is 0.538. The SMILES string of the molecule is CO[C@H]1COC[C@@H]1N(C)c1nc2cc(C(N)=NO)nc(-c3cncc(Cl)c3)c2n1CC1CCC(C)CC1. The number of halogens is 1. The highest BCUT2D eigenvalue weighted by molar-refractivity contribution is 6.30. The number of ether oxygens (including phenoxy) is 2. The van der Waals surface area contributed by atoms with E-state index in [2.05, 4.69) is 26.5 Å². The first kappa shape index (κ1) is 25.7. The molecule has 4 heterocycles. The molecule has 5 rings (SSSR count). The quantitative estimate of drug-likeness (QED) is 0.205. The molecule has 0 aromatic carbocycles. The molecule has 10 nitrogen and oxygen atoms in total. The first-order valence-corrected chi connectivity index (χ1v) is 13.1. The van der Waals surface area contributed by atoms with Crippen LogP contribution in [0.4, 0.5) is 5.95 Å². The summed E-state index contributed by atoms with van der Waals surface area (Å²) in [6.07, 6.45) is 8.03. The van der Waals surface area contributed by atoms with Crippen LogP contribution in [-0.2, 0) is 16.0 Å². The average molecular weight is 528 g/mol. The highest BCUT2D eigenvalue weighted by atomic mass is 35.5. The van der Waals surface area contributed by atoms with Gasteiger partial charge in [-0.2, -0.15) is 0 Å². The first-order chi connectivity index (χ1) is 17.9. The van der Waals surface area contributed by atoms with E-state index in [1.165, 1.54) is 25.7 Å². The summed E-state index contributed by atoms with van der Waals surface area (Å²) in [5, 5.41) is 13.1. The van der Waals surface area contributed by atoms with E-state index in [1.807, 2.05) is 13.1 Å². The smallest absolute Gasteiger partial charge is 0.206 e. The Hall–Kier alpha value is -2.95. The molecule has 1 aliphatic heterocycles. The number of rotatable bonds is 7. The highest BCUT2D eigenvalue weighted by Gasteiger charge is 2.35. The molecule has 1 saturated heterocycles. The van der Waals surface area contributed by atoms with E-state index < -0.39 is 0 Å². The topological polar surface area (TPSA) is 124 Å². The Labute approximate surface area is 221 Å². The lowest BCUT2D eigenvalue weighted by molar-refractivity contribution is 0.0770. The Kier molecular flexibility index (Phi) is 7.50. The second-order valence-corrected chi connectivity index (χ2v) is 10.7. The Morgan fingerprint density at radius 2 is 2.03 bits per heavy atom. The zero-order valence-corrected chi connectivity index (χ0v) is 22.2. The van der Waals surface area contributed by atoms with Crippen molar-refractivity contribution in [2.75, 3.05) is 32.3 Å². The Balaban J connectivity index is 1.71. The molecule has 0 unspecified atom stereocenters. The Bertz CT molecular complexity index is 1290. The summed E-state index contributed by atoms with van der Waals surface area (Å²) < 4.78 is 13.7. The van der Waals surface area contributed by atoms with Crippen LogP contribution in [0.5, 0.6) is 0 Å².